The molecule has 112 valence electrons. The maximum atomic E-state index is 13.9. The number of nitrogens with zero attached hydrogens (tertiary/aromatic N) is 2. The number of para-hydroxylation sites is 1. The molecule has 1 aromatic heterocycles. The van der Waals surface area contributed by atoms with Gasteiger partial charge in [-0.05, 0) is 38.8 Å². The molecule has 0 aliphatic carbocycles. The summed E-state index contributed by atoms with van der Waals surface area (Å²) in [6.07, 6.45) is -0.182. The lowest BCUT2D eigenvalue weighted by Gasteiger charge is -2.17. The number of halogens is 1. The number of fused-ring (bicyclic) bond motifs is 1. The van der Waals surface area contributed by atoms with Crippen LogP contribution in [0.15, 0.2) is 18.2 Å². The molecule has 21 heavy (non-hydrogen) atoms. The number of ether oxygens (including phenoxy) is 1. The zero-order valence-electron chi connectivity index (χ0n) is 11.9. The molecule has 2 aromatic rings. The Labute approximate surface area is 121 Å². The summed E-state index contributed by atoms with van der Waals surface area (Å²) in [5.41, 5.74) is 1.02. The Morgan fingerprint density at radius 2 is 2.24 bits per heavy atom. The molecule has 1 aromatic carbocycles. The minimum atomic E-state index is -0.962. The predicted octanol–water partition coefficient (Wildman–Crippen LogP) is 3.06. The second-order valence-corrected chi connectivity index (χ2v) is 5.57. The van der Waals surface area contributed by atoms with Gasteiger partial charge in [0, 0.05) is 6.04 Å². The van der Waals surface area contributed by atoms with E-state index in [9.17, 15) is 9.18 Å². The van der Waals surface area contributed by atoms with Crippen LogP contribution in [0, 0.1) is 5.82 Å². The van der Waals surface area contributed by atoms with E-state index in [0.717, 1.165) is 0 Å². The average molecular weight is 292 g/mol. The van der Waals surface area contributed by atoms with E-state index in [1.54, 1.807) is 6.07 Å². The second kappa shape index (κ2) is 5.11. The number of carbonyl (C=O) groups is 1. The molecule has 2 atom stereocenters. The lowest BCUT2D eigenvalue weighted by Crippen LogP contribution is -2.19. The van der Waals surface area contributed by atoms with Crippen LogP contribution in [0.5, 0.6) is 0 Å². The summed E-state index contributed by atoms with van der Waals surface area (Å²) in [5.74, 6) is -0.731. The van der Waals surface area contributed by atoms with E-state index in [2.05, 4.69) is 4.98 Å². The summed E-state index contributed by atoms with van der Waals surface area (Å²) >= 11 is 0. The van der Waals surface area contributed by atoms with Crippen molar-refractivity contribution in [2.45, 2.75) is 44.9 Å². The molecule has 0 amide bonds. The number of rotatable bonds is 3. The number of benzene rings is 1. The van der Waals surface area contributed by atoms with Crippen LogP contribution in [0.4, 0.5) is 4.39 Å². The lowest BCUT2D eigenvalue weighted by molar-refractivity contribution is -0.149. The summed E-state index contributed by atoms with van der Waals surface area (Å²) in [6, 6.07) is 4.93. The molecule has 3 rings (SSSR count). The first-order valence-electron chi connectivity index (χ1n) is 7.03. The minimum Gasteiger partial charge on any atom is -0.479 e. The summed E-state index contributed by atoms with van der Waals surface area (Å²) < 4.78 is 21.4. The molecular formula is C15H17FN2O3. The largest absolute Gasteiger partial charge is 0.479 e. The molecule has 1 fully saturated rings. The lowest BCUT2D eigenvalue weighted by atomic mass is 10.2. The van der Waals surface area contributed by atoms with Gasteiger partial charge < -0.3 is 14.4 Å². The van der Waals surface area contributed by atoms with E-state index < -0.39 is 18.2 Å². The van der Waals surface area contributed by atoms with Crippen LogP contribution < -0.4 is 0 Å². The third-order valence-corrected chi connectivity index (χ3v) is 3.80. The van der Waals surface area contributed by atoms with Gasteiger partial charge in [0.1, 0.15) is 17.4 Å². The Kier molecular flexibility index (Phi) is 3.41. The summed E-state index contributed by atoms with van der Waals surface area (Å²) in [6.45, 7) is 3.97. The number of aromatic nitrogens is 2. The van der Waals surface area contributed by atoms with E-state index >= 15 is 0 Å². The Morgan fingerprint density at radius 1 is 1.48 bits per heavy atom. The zero-order chi connectivity index (χ0) is 15.1. The van der Waals surface area contributed by atoms with Gasteiger partial charge in [-0.2, -0.15) is 0 Å². The normalized spacial score (nSPS) is 22.3. The summed E-state index contributed by atoms with van der Waals surface area (Å²) in [4.78, 5) is 15.4. The Morgan fingerprint density at radius 3 is 2.86 bits per heavy atom. The van der Waals surface area contributed by atoms with Crippen LogP contribution >= 0.6 is 0 Å². The Hall–Kier alpha value is -1.95. The van der Waals surface area contributed by atoms with E-state index in [4.69, 9.17) is 9.84 Å². The number of aliphatic carboxylic acids is 1. The third-order valence-electron chi connectivity index (χ3n) is 3.80. The molecule has 0 saturated carbocycles. The van der Waals surface area contributed by atoms with Gasteiger partial charge >= 0.3 is 5.97 Å². The van der Waals surface area contributed by atoms with Gasteiger partial charge in [0.15, 0.2) is 11.9 Å². The fraction of sp³-hybridized carbons (Fsp3) is 0.467. The van der Waals surface area contributed by atoms with E-state index in [0.29, 0.717) is 29.7 Å². The predicted molar refractivity (Wildman–Crippen MR) is 74.6 cm³/mol. The molecule has 1 N–H and O–H groups in total. The molecule has 1 aliphatic rings. The van der Waals surface area contributed by atoms with Crippen molar-refractivity contribution >= 4 is 17.0 Å². The highest BCUT2D eigenvalue weighted by Gasteiger charge is 2.35. The minimum absolute atomic E-state index is 0.0827. The molecule has 1 aliphatic heterocycles. The highest BCUT2D eigenvalue weighted by molar-refractivity contribution is 5.77. The highest BCUT2D eigenvalue weighted by Crippen LogP contribution is 2.36. The first kappa shape index (κ1) is 14.0. The highest BCUT2D eigenvalue weighted by atomic mass is 19.1. The quantitative estimate of drug-likeness (QED) is 0.944. The van der Waals surface area contributed by atoms with Crippen LogP contribution in [0.3, 0.4) is 0 Å². The Bertz CT molecular complexity index is 696. The van der Waals surface area contributed by atoms with E-state index in [1.165, 1.54) is 6.07 Å². The molecule has 6 heteroatoms. The molecule has 5 nitrogen and oxygen atoms in total. The monoisotopic (exact) mass is 292 g/mol. The van der Waals surface area contributed by atoms with Gasteiger partial charge in [-0.15, -0.1) is 0 Å². The van der Waals surface area contributed by atoms with Gasteiger partial charge in [0.05, 0.1) is 5.52 Å². The number of carboxylic acid groups (broad SMARTS) is 1. The summed E-state index contributed by atoms with van der Waals surface area (Å²) in [5, 5.41) is 9.03. The van der Waals surface area contributed by atoms with Crippen molar-refractivity contribution in [1.29, 1.82) is 0 Å². The standard InChI is InChI=1S/C15H17FN2O3/c1-8(2)18-10-5-3-4-9(16)13(10)17-14(18)11-6-7-12(21-11)15(19)20/h3-5,8,11-12H,6-7H2,1-2H3,(H,19,20). The second-order valence-electron chi connectivity index (χ2n) is 5.57. The van der Waals surface area contributed by atoms with Crippen molar-refractivity contribution in [3.8, 4) is 0 Å². The summed E-state index contributed by atoms with van der Waals surface area (Å²) in [7, 11) is 0. The van der Waals surface area contributed by atoms with Gasteiger partial charge in [-0.25, -0.2) is 14.2 Å². The molecule has 0 radical (unpaired) electrons. The fourth-order valence-corrected chi connectivity index (χ4v) is 2.88. The smallest absolute Gasteiger partial charge is 0.332 e. The van der Waals surface area contributed by atoms with Gasteiger partial charge in [-0.1, -0.05) is 6.07 Å². The number of hydrogen-bond acceptors (Lipinski definition) is 3. The van der Waals surface area contributed by atoms with Crippen molar-refractivity contribution in [2.24, 2.45) is 0 Å². The van der Waals surface area contributed by atoms with Crippen molar-refractivity contribution in [1.82, 2.24) is 9.55 Å². The number of imidazole rings is 1. The van der Waals surface area contributed by atoms with E-state index in [1.807, 2.05) is 24.5 Å². The van der Waals surface area contributed by atoms with Gasteiger partial charge in [0.25, 0.3) is 0 Å². The average Bonchev–Trinajstić information content (AvgIpc) is 3.03. The molecule has 2 unspecified atom stereocenters. The van der Waals surface area contributed by atoms with Crippen molar-refractivity contribution in [3.63, 3.8) is 0 Å². The van der Waals surface area contributed by atoms with Crippen molar-refractivity contribution in [3.05, 3.63) is 29.8 Å². The van der Waals surface area contributed by atoms with Gasteiger partial charge in [0.2, 0.25) is 0 Å². The van der Waals surface area contributed by atoms with Crippen LogP contribution in [0.1, 0.15) is 44.7 Å². The number of carboxylic acids is 1. The van der Waals surface area contributed by atoms with Crippen LogP contribution in [0.2, 0.25) is 0 Å². The van der Waals surface area contributed by atoms with Crippen LogP contribution in [-0.2, 0) is 9.53 Å². The van der Waals surface area contributed by atoms with Crippen molar-refractivity contribution in [2.75, 3.05) is 0 Å². The molecular weight excluding hydrogens is 275 g/mol. The topological polar surface area (TPSA) is 64.4 Å². The van der Waals surface area contributed by atoms with Gasteiger partial charge in [-0.3, -0.25) is 0 Å². The first-order chi connectivity index (χ1) is 9.99. The zero-order valence-corrected chi connectivity index (χ0v) is 11.9. The van der Waals surface area contributed by atoms with Crippen LogP contribution in [-0.4, -0.2) is 26.7 Å². The van der Waals surface area contributed by atoms with Crippen LogP contribution in [0.25, 0.3) is 11.0 Å². The number of hydrogen-bond donors (Lipinski definition) is 1. The van der Waals surface area contributed by atoms with Crippen molar-refractivity contribution < 1.29 is 19.0 Å². The molecule has 0 bridgehead atoms. The SMILES string of the molecule is CC(C)n1c(C2CCC(C(=O)O)O2)nc2c(F)cccc21. The Balaban J connectivity index is 2.08. The maximum absolute atomic E-state index is 13.9. The third kappa shape index (κ3) is 2.29. The first-order valence-corrected chi connectivity index (χ1v) is 7.03. The molecule has 2 heterocycles. The van der Waals surface area contributed by atoms with E-state index in [-0.39, 0.29) is 11.9 Å². The maximum Gasteiger partial charge on any atom is 0.332 e. The molecule has 1 saturated heterocycles. The fourth-order valence-electron chi connectivity index (χ4n) is 2.88. The molecule has 0 spiro atoms.